The van der Waals surface area contributed by atoms with Crippen molar-refractivity contribution in [2.24, 2.45) is 0 Å². The zero-order valence-corrected chi connectivity index (χ0v) is 12.2. The molecule has 2 radical (unpaired) electrons. The molecule has 0 spiro atoms. The van der Waals surface area contributed by atoms with Gasteiger partial charge in [0.05, 0.1) is 6.61 Å². The molecule has 0 saturated carbocycles. The monoisotopic (exact) mass is 226 g/mol. The fraction of sp³-hybridized carbons (Fsp3) is 0.833. The van der Waals surface area contributed by atoms with Crippen LogP contribution in [-0.2, 0) is 4.79 Å². The summed E-state index contributed by atoms with van der Waals surface area (Å²) >= 11 is 0. The first-order chi connectivity index (χ1) is 5.54. The van der Waals surface area contributed by atoms with Gasteiger partial charge in [0.25, 0.3) is 0 Å². The van der Waals surface area contributed by atoms with Gasteiger partial charge in [-0.1, -0.05) is 0 Å². The second kappa shape index (κ2) is 11.0. The third kappa shape index (κ3) is 6.86. The predicted octanol–water partition coefficient (Wildman–Crippen LogP) is -4.14. The molecule has 0 aliphatic carbocycles. The summed E-state index contributed by atoms with van der Waals surface area (Å²) in [6.07, 6.45) is -6.84. The van der Waals surface area contributed by atoms with Gasteiger partial charge in [-0.05, 0) is 0 Å². The number of hydrogen-bond donors (Lipinski definition) is 5. The number of carbonyl (C=O) groups is 1. The summed E-state index contributed by atoms with van der Waals surface area (Å²) in [7, 11) is 0. The number of aliphatic hydroxyl groups is 5. The molecule has 0 unspecified atom stereocenters. The van der Waals surface area contributed by atoms with E-state index in [1.165, 1.54) is 0 Å². The molecule has 4 atom stereocenters. The molecule has 14 heavy (non-hydrogen) atoms. The molecule has 0 aliphatic rings. The Bertz CT molecular complexity index is 146. The van der Waals surface area contributed by atoms with Gasteiger partial charge in [0.2, 0.25) is 0 Å². The Kier molecular flexibility index (Phi) is 16.3. The minimum atomic E-state index is -1.79. The summed E-state index contributed by atoms with van der Waals surface area (Å²) in [6.45, 7) is -0.760. The molecule has 5 N–H and O–H groups in total. The van der Waals surface area contributed by atoms with E-state index in [4.69, 9.17) is 25.5 Å². The van der Waals surface area contributed by atoms with Crippen LogP contribution in [-0.4, -0.2) is 122 Å². The van der Waals surface area contributed by atoms with Crippen molar-refractivity contribution < 1.29 is 30.3 Å². The van der Waals surface area contributed by atoms with Crippen molar-refractivity contribution >= 4 is 65.4 Å². The van der Waals surface area contributed by atoms with Gasteiger partial charge in [-0.15, -0.1) is 0 Å². The van der Waals surface area contributed by atoms with E-state index in [1.54, 1.807) is 0 Å². The van der Waals surface area contributed by atoms with Crippen LogP contribution in [0.3, 0.4) is 0 Å². The average molecular weight is 226 g/mol. The van der Waals surface area contributed by atoms with Crippen LogP contribution in [0.1, 0.15) is 0 Å². The quantitative estimate of drug-likeness (QED) is 0.240. The molecule has 0 aromatic rings. The Balaban J connectivity index is -0.000000605. The average Bonchev–Trinajstić information content (AvgIpc) is 2.12. The molecule has 0 aromatic carbocycles. The third-order valence-electron chi connectivity index (χ3n) is 1.42. The molecule has 8 heteroatoms. The van der Waals surface area contributed by atoms with Gasteiger partial charge in [0, 0.05) is 59.1 Å². The first kappa shape index (κ1) is 20.8. The van der Waals surface area contributed by atoms with Gasteiger partial charge >= 0.3 is 0 Å². The molecule has 0 heterocycles. The van der Waals surface area contributed by atoms with Gasteiger partial charge in [-0.3, -0.25) is 0 Å². The fourth-order valence-electron chi connectivity index (χ4n) is 0.618. The maximum atomic E-state index is 9.90. The van der Waals surface area contributed by atoms with Crippen molar-refractivity contribution in [3.63, 3.8) is 0 Å². The number of rotatable bonds is 5. The molecule has 0 rings (SSSR count). The topological polar surface area (TPSA) is 118 Å². The van der Waals surface area contributed by atoms with Crippen molar-refractivity contribution in [3.8, 4) is 0 Å². The molecule has 74 valence electrons. The Morgan fingerprint density at radius 2 is 1.43 bits per heavy atom. The third-order valence-corrected chi connectivity index (χ3v) is 1.42. The molecule has 0 amide bonds. The van der Waals surface area contributed by atoms with Crippen molar-refractivity contribution in [2.45, 2.75) is 24.4 Å². The minimum Gasteiger partial charge on any atom is -0.394 e. The van der Waals surface area contributed by atoms with Gasteiger partial charge < -0.3 is 30.3 Å². The van der Waals surface area contributed by atoms with E-state index < -0.39 is 31.0 Å². The van der Waals surface area contributed by atoms with E-state index in [0.29, 0.717) is 0 Å². The second-order valence-corrected chi connectivity index (χ2v) is 2.36. The maximum Gasteiger partial charge on any atom is 0.151 e. The number of aldehydes is 1. The van der Waals surface area contributed by atoms with Crippen molar-refractivity contribution in [1.29, 1.82) is 0 Å². The molecule has 6 nitrogen and oxygen atoms in total. The van der Waals surface area contributed by atoms with Gasteiger partial charge in [0.1, 0.15) is 24.4 Å². The molecule has 0 aromatic heterocycles. The summed E-state index contributed by atoms with van der Waals surface area (Å²) in [6, 6.07) is 0. The van der Waals surface area contributed by atoms with Crippen LogP contribution in [0, 0.1) is 0 Å². The minimum absolute atomic E-state index is 0. The predicted molar refractivity (Wildman–Crippen MR) is 48.7 cm³/mol. The standard InChI is InChI=1S/C6H12O6.2Na/c7-1-3(9)5(11)6(12)4(10)2-8;;/h1,3-6,8-12H,2H2;;/t3-,4-,5-,6-;;/m1../s1. The molecular weight excluding hydrogens is 214 g/mol. The van der Waals surface area contributed by atoms with Gasteiger partial charge in [-0.2, -0.15) is 0 Å². The summed E-state index contributed by atoms with van der Waals surface area (Å²) < 4.78 is 0. The van der Waals surface area contributed by atoms with E-state index in [2.05, 4.69) is 0 Å². The number of aliphatic hydroxyl groups excluding tert-OH is 5. The van der Waals surface area contributed by atoms with E-state index in [9.17, 15) is 4.79 Å². The van der Waals surface area contributed by atoms with Gasteiger partial charge in [-0.25, -0.2) is 0 Å². The Labute approximate surface area is 126 Å². The van der Waals surface area contributed by atoms with E-state index >= 15 is 0 Å². The molecule has 0 saturated heterocycles. The van der Waals surface area contributed by atoms with Crippen LogP contribution in [0.25, 0.3) is 0 Å². The van der Waals surface area contributed by atoms with Crippen molar-refractivity contribution in [3.05, 3.63) is 0 Å². The SMILES string of the molecule is O=C[C@@H](O)[C@@H](O)[C@H](O)[C@H](O)CO.[Na].[Na]. The second-order valence-electron chi connectivity index (χ2n) is 2.36. The first-order valence-corrected chi connectivity index (χ1v) is 3.33. The molecular formula is C6H12Na2O6. The van der Waals surface area contributed by atoms with Crippen LogP contribution >= 0.6 is 0 Å². The number of carbonyl (C=O) groups excluding carboxylic acids is 1. The van der Waals surface area contributed by atoms with Crippen LogP contribution in [0.4, 0.5) is 0 Å². The largest absolute Gasteiger partial charge is 0.394 e. The Hall–Kier alpha value is 1.47. The summed E-state index contributed by atoms with van der Waals surface area (Å²) in [5.41, 5.74) is 0. The van der Waals surface area contributed by atoms with Crippen LogP contribution in [0.5, 0.6) is 0 Å². The summed E-state index contributed by atoms with van der Waals surface area (Å²) in [5, 5.41) is 43.5. The maximum absolute atomic E-state index is 9.90. The zero-order valence-electron chi connectivity index (χ0n) is 8.24. The summed E-state index contributed by atoms with van der Waals surface area (Å²) in [5.74, 6) is 0. The zero-order chi connectivity index (χ0) is 9.72. The molecule has 0 bridgehead atoms. The number of hydrogen-bond acceptors (Lipinski definition) is 6. The normalized spacial score (nSPS) is 18.1. The summed E-state index contributed by atoms with van der Waals surface area (Å²) in [4.78, 5) is 9.90. The first-order valence-electron chi connectivity index (χ1n) is 3.33. The van der Waals surface area contributed by atoms with Crippen molar-refractivity contribution in [1.82, 2.24) is 0 Å². The smallest absolute Gasteiger partial charge is 0.151 e. The molecule has 0 aliphatic heterocycles. The van der Waals surface area contributed by atoms with E-state index in [-0.39, 0.29) is 65.4 Å². The van der Waals surface area contributed by atoms with E-state index in [0.717, 1.165) is 0 Å². The van der Waals surface area contributed by atoms with Gasteiger partial charge in [0.15, 0.2) is 6.29 Å². The van der Waals surface area contributed by atoms with Crippen molar-refractivity contribution in [2.75, 3.05) is 6.61 Å². The van der Waals surface area contributed by atoms with Crippen LogP contribution in [0.15, 0.2) is 0 Å². The van der Waals surface area contributed by atoms with Crippen LogP contribution < -0.4 is 0 Å². The fourth-order valence-corrected chi connectivity index (χ4v) is 0.618. The van der Waals surface area contributed by atoms with Crippen LogP contribution in [0.2, 0.25) is 0 Å². The Morgan fingerprint density at radius 1 is 1.00 bits per heavy atom. The Morgan fingerprint density at radius 3 is 1.71 bits per heavy atom. The van der Waals surface area contributed by atoms with E-state index in [1.807, 2.05) is 0 Å². The molecule has 0 fully saturated rings.